The van der Waals surface area contributed by atoms with Crippen LogP contribution in [0.25, 0.3) is 0 Å². The summed E-state index contributed by atoms with van der Waals surface area (Å²) in [7, 11) is -3.68. The van der Waals surface area contributed by atoms with Crippen molar-refractivity contribution in [2.75, 3.05) is 0 Å². The number of nitrogens with zero attached hydrogens (tertiary/aromatic N) is 1. The number of furan rings is 1. The number of hydrogen-bond acceptors (Lipinski definition) is 5. The molecule has 1 amide bonds. The number of carbonyl (C=O) groups excluding carboxylic acids is 1. The lowest BCUT2D eigenvalue weighted by Gasteiger charge is -2.05. The second-order valence-electron chi connectivity index (χ2n) is 6.04. The number of amides is 1. The van der Waals surface area contributed by atoms with Gasteiger partial charge in [-0.15, -0.1) is 0 Å². The predicted molar refractivity (Wildman–Crippen MR) is 110 cm³/mol. The second-order valence-corrected chi connectivity index (χ2v) is 8.24. The standard InChI is InChI=1S/C20H18ClN3O4S/c21-16-6-10-19(11-7-16)29(26,27)23-14-18-9-8-17(28-18)13-22-24-20(25)12-15-4-2-1-3-5-15/h1-11,13,23H,12,14H2,(H,24,25)/b22-13-. The number of halogens is 1. The molecule has 29 heavy (non-hydrogen) atoms. The van der Waals surface area contributed by atoms with Crippen molar-refractivity contribution in [1.29, 1.82) is 0 Å². The maximum absolute atomic E-state index is 12.3. The molecular weight excluding hydrogens is 414 g/mol. The van der Waals surface area contributed by atoms with Crippen molar-refractivity contribution >= 4 is 33.7 Å². The normalized spacial score (nSPS) is 11.6. The van der Waals surface area contributed by atoms with Crippen molar-refractivity contribution in [1.82, 2.24) is 10.1 Å². The molecule has 150 valence electrons. The Bertz CT molecular complexity index is 1090. The molecule has 0 aliphatic rings. The van der Waals surface area contributed by atoms with Crippen molar-refractivity contribution < 1.29 is 17.6 Å². The van der Waals surface area contributed by atoms with Crippen molar-refractivity contribution in [2.45, 2.75) is 17.9 Å². The number of benzene rings is 2. The Kier molecular flexibility index (Phi) is 6.82. The average Bonchev–Trinajstić information content (AvgIpc) is 3.15. The molecule has 3 rings (SSSR count). The first-order valence-corrected chi connectivity index (χ1v) is 10.5. The van der Waals surface area contributed by atoms with Crippen molar-refractivity contribution in [3.05, 3.63) is 88.8 Å². The van der Waals surface area contributed by atoms with Gasteiger partial charge in [0.05, 0.1) is 24.1 Å². The van der Waals surface area contributed by atoms with Crippen LogP contribution in [0, 0.1) is 0 Å². The van der Waals surface area contributed by atoms with Gasteiger partial charge < -0.3 is 4.42 Å². The molecule has 0 saturated heterocycles. The first kappa shape index (κ1) is 20.8. The largest absolute Gasteiger partial charge is 0.459 e. The van der Waals surface area contributed by atoms with Crippen molar-refractivity contribution in [3.63, 3.8) is 0 Å². The molecule has 0 unspecified atom stereocenters. The maximum Gasteiger partial charge on any atom is 0.244 e. The van der Waals surface area contributed by atoms with Gasteiger partial charge in [0.15, 0.2) is 0 Å². The fourth-order valence-corrected chi connectivity index (χ4v) is 3.53. The minimum atomic E-state index is -3.68. The maximum atomic E-state index is 12.3. The van der Waals surface area contributed by atoms with Gasteiger partial charge in [-0.25, -0.2) is 18.6 Å². The zero-order valence-electron chi connectivity index (χ0n) is 15.2. The number of rotatable bonds is 8. The molecule has 0 aliphatic heterocycles. The van der Waals surface area contributed by atoms with E-state index in [1.54, 1.807) is 12.1 Å². The van der Waals surface area contributed by atoms with Crippen LogP contribution in [-0.2, 0) is 27.8 Å². The number of hydrogen-bond donors (Lipinski definition) is 2. The molecular formula is C20H18ClN3O4S. The monoisotopic (exact) mass is 431 g/mol. The van der Waals surface area contributed by atoms with Gasteiger partial charge in [0.1, 0.15) is 11.5 Å². The lowest BCUT2D eigenvalue weighted by atomic mass is 10.1. The highest BCUT2D eigenvalue weighted by Gasteiger charge is 2.14. The van der Waals surface area contributed by atoms with Gasteiger partial charge in [-0.1, -0.05) is 41.9 Å². The van der Waals surface area contributed by atoms with Crippen LogP contribution in [0.5, 0.6) is 0 Å². The SMILES string of the molecule is O=C(Cc1ccccc1)N/N=C\c1ccc(CNS(=O)(=O)c2ccc(Cl)cc2)o1. The van der Waals surface area contributed by atoms with Gasteiger partial charge >= 0.3 is 0 Å². The van der Waals surface area contributed by atoms with E-state index in [2.05, 4.69) is 15.2 Å². The molecule has 0 aliphatic carbocycles. The van der Waals surface area contributed by atoms with Crippen LogP contribution in [0.2, 0.25) is 5.02 Å². The van der Waals surface area contributed by atoms with E-state index in [4.69, 9.17) is 16.0 Å². The Morgan fingerprint density at radius 2 is 1.76 bits per heavy atom. The third-order valence-corrected chi connectivity index (χ3v) is 5.50. The summed E-state index contributed by atoms with van der Waals surface area (Å²) in [5, 5.41) is 4.30. The van der Waals surface area contributed by atoms with Gasteiger partial charge in [0.25, 0.3) is 0 Å². The molecule has 7 nitrogen and oxygen atoms in total. The minimum Gasteiger partial charge on any atom is -0.459 e. The van der Waals surface area contributed by atoms with Crippen LogP contribution in [0.4, 0.5) is 0 Å². The molecule has 3 aromatic rings. The van der Waals surface area contributed by atoms with E-state index in [-0.39, 0.29) is 23.8 Å². The van der Waals surface area contributed by atoms with E-state index in [9.17, 15) is 13.2 Å². The molecule has 0 spiro atoms. The van der Waals surface area contributed by atoms with E-state index in [1.165, 1.54) is 30.5 Å². The molecule has 0 bridgehead atoms. The Balaban J connectivity index is 1.50. The zero-order valence-corrected chi connectivity index (χ0v) is 16.8. The molecule has 0 radical (unpaired) electrons. The van der Waals surface area contributed by atoms with Crippen LogP contribution in [0.1, 0.15) is 17.1 Å². The third-order valence-electron chi connectivity index (χ3n) is 3.83. The van der Waals surface area contributed by atoms with E-state index < -0.39 is 10.0 Å². The summed E-state index contributed by atoms with van der Waals surface area (Å²) in [4.78, 5) is 11.9. The van der Waals surface area contributed by atoms with Crippen molar-refractivity contribution in [3.8, 4) is 0 Å². The highest BCUT2D eigenvalue weighted by atomic mass is 35.5. The summed E-state index contributed by atoms with van der Waals surface area (Å²) in [6.07, 6.45) is 1.56. The van der Waals surface area contributed by atoms with Gasteiger partial charge in [0.2, 0.25) is 15.9 Å². The van der Waals surface area contributed by atoms with Crippen LogP contribution >= 0.6 is 11.6 Å². The Morgan fingerprint density at radius 3 is 2.48 bits per heavy atom. The second kappa shape index (κ2) is 9.51. The Hall–Kier alpha value is -2.94. The number of carbonyl (C=O) groups is 1. The van der Waals surface area contributed by atoms with E-state index >= 15 is 0 Å². The molecule has 0 saturated carbocycles. The fraction of sp³-hybridized carbons (Fsp3) is 0.100. The molecule has 1 heterocycles. The molecule has 2 N–H and O–H groups in total. The lowest BCUT2D eigenvalue weighted by Crippen LogP contribution is -2.22. The van der Waals surface area contributed by atoms with Crippen LogP contribution in [0.3, 0.4) is 0 Å². The van der Waals surface area contributed by atoms with Gasteiger partial charge in [-0.2, -0.15) is 5.10 Å². The molecule has 0 atom stereocenters. The smallest absolute Gasteiger partial charge is 0.244 e. The summed E-state index contributed by atoms with van der Waals surface area (Å²) >= 11 is 5.77. The highest BCUT2D eigenvalue weighted by molar-refractivity contribution is 7.89. The van der Waals surface area contributed by atoms with Gasteiger partial charge in [-0.05, 0) is 42.0 Å². The minimum absolute atomic E-state index is 0.0286. The molecule has 0 fully saturated rings. The van der Waals surface area contributed by atoms with Crippen LogP contribution in [-0.4, -0.2) is 20.5 Å². The number of nitrogens with one attached hydrogen (secondary N) is 2. The van der Waals surface area contributed by atoms with Crippen LogP contribution in [0.15, 0.2) is 81.1 Å². The molecule has 2 aromatic carbocycles. The Morgan fingerprint density at radius 1 is 1.03 bits per heavy atom. The van der Waals surface area contributed by atoms with E-state index in [1.807, 2.05) is 30.3 Å². The number of hydrazone groups is 1. The van der Waals surface area contributed by atoms with E-state index in [0.29, 0.717) is 16.5 Å². The average molecular weight is 432 g/mol. The number of sulfonamides is 1. The van der Waals surface area contributed by atoms with Gasteiger partial charge in [0, 0.05) is 5.02 Å². The summed E-state index contributed by atoms with van der Waals surface area (Å²) < 4.78 is 32.4. The topological polar surface area (TPSA) is 101 Å². The summed E-state index contributed by atoms with van der Waals surface area (Å²) in [6, 6.07) is 18.4. The van der Waals surface area contributed by atoms with Gasteiger partial charge in [-0.3, -0.25) is 4.79 Å². The summed E-state index contributed by atoms with van der Waals surface area (Å²) in [5.41, 5.74) is 3.30. The first-order valence-electron chi connectivity index (χ1n) is 8.62. The van der Waals surface area contributed by atoms with Crippen LogP contribution < -0.4 is 10.1 Å². The third kappa shape index (κ3) is 6.28. The van der Waals surface area contributed by atoms with E-state index in [0.717, 1.165) is 5.56 Å². The summed E-state index contributed by atoms with van der Waals surface area (Å²) in [6.45, 7) is -0.0286. The highest BCUT2D eigenvalue weighted by Crippen LogP contribution is 2.14. The first-order chi connectivity index (χ1) is 13.9. The summed E-state index contributed by atoms with van der Waals surface area (Å²) in [5.74, 6) is 0.528. The predicted octanol–water partition coefficient (Wildman–Crippen LogP) is 3.10. The quantitative estimate of drug-likeness (QED) is 0.422. The Labute approximate surface area is 173 Å². The molecule has 1 aromatic heterocycles. The lowest BCUT2D eigenvalue weighted by molar-refractivity contribution is -0.120. The fourth-order valence-electron chi connectivity index (χ4n) is 2.41. The zero-order chi connectivity index (χ0) is 20.7. The van der Waals surface area contributed by atoms with Crippen molar-refractivity contribution in [2.24, 2.45) is 5.10 Å². The molecule has 9 heteroatoms.